The fraction of sp³-hybridized carbons (Fsp3) is 0.562. The van der Waals surface area contributed by atoms with E-state index in [0.29, 0.717) is 12.6 Å². The van der Waals surface area contributed by atoms with Gasteiger partial charge in [0.25, 0.3) is 0 Å². The largest absolute Gasteiger partial charge is 0.399 e. The van der Waals surface area contributed by atoms with Gasteiger partial charge in [0, 0.05) is 24.8 Å². The summed E-state index contributed by atoms with van der Waals surface area (Å²) in [6, 6.07) is 6.52. The number of hydrogen-bond donors (Lipinski definition) is 2. The molecule has 0 atom stereocenters. The van der Waals surface area contributed by atoms with Crippen molar-refractivity contribution in [2.45, 2.75) is 44.7 Å². The zero-order chi connectivity index (χ0) is 13.9. The summed E-state index contributed by atoms with van der Waals surface area (Å²) in [5.41, 5.74) is 9.28. The Morgan fingerprint density at radius 1 is 1.30 bits per heavy atom. The lowest BCUT2D eigenvalue weighted by atomic mass is 9.99. The second-order valence-corrected chi connectivity index (χ2v) is 6.04. The minimum absolute atomic E-state index is 0.171. The quantitative estimate of drug-likeness (QED) is 0.824. The van der Waals surface area contributed by atoms with Gasteiger partial charge in [0.05, 0.1) is 6.54 Å². The lowest BCUT2D eigenvalue weighted by Crippen LogP contribution is -2.42. The van der Waals surface area contributed by atoms with Crippen molar-refractivity contribution in [2.24, 2.45) is 0 Å². The summed E-state index contributed by atoms with van der Waals surface area (Å²) in [7, 11) is 0. The molecule has 108 valence electrons. The van der Waals surface area contributed by atoms with Gasteiger partial charge in [-0.15, -0.1) is 0 Å². The van der Waals surface area contributed by atoms with Gasteiger partial charge in [0.1, 0.15) is 0 Å². The number of anilines is 1. The van der Waals surface area contributed by atoms with Crippen molar-refractivity contribution >= 4 is 11.6 Å². The van der Waals surface area contributed by atoms with Crippen molar-refractivity contribution in [3.05, 3.63) is 29.3 Å². The lowest BCUT2D eigenvalue weighted by Gasteiger charge is -2.28. The number of fused-ring (bicyclic) bond motifs is 1. The molecule has 2 aliphatic rings. The van der Waals surface area contributed by atoms with Gasteiger partial charge in [-0.3, -0.25) is 9.69 Å². The highest BCUT2D eigenvalue weighted by molar-refractivity contribution is 5.78. The second kappa shape index (κ2) is 5.83. The number of rotatable bonds is 3. The highest BCUT2D eigenvalue weighted by atomic mass is 16.2. The van der Waals surface area contributed by atoms with E-state index in [-0.39, 0.29) is 5.91 Å². The first-order valence-electron chi connectivity index (χ1n) is 7.60. The van der Waals surface area contributed by atoms with E-state index in [1.165, 1.54) is 24.0 Å². The van der Waals surface area contributed by atoms with Crippen molar-refractivity contribution in [3.8, 4) is 0 Å². The van der Waals surface area contributed by atoms with Crippen LogP contribution in [0.5, 0.6) is 0 Å². The number of benzene rings is 1. The van der Waals surface area contributed by atoms with Crippen LogP contribution in [0.1, 0.15) is 36.8 Å². The van der Waals surface area contributed by atoms with E-state index in [4.69, 9.17) is 5.73 Å². The summed E-state index contributed by atoms with van der Waals surface area (Å²) in [6.07, 6.45) is 5.80. The molecule has 1 aliphatic heterocycles. The fourth-order valence-corrected chi connectivity index (χ4v) is 3.32. The Labute approximate surface area is 120 Å². The Morgan fingerprint density at radius 2 is 2.10 bits per heavy atom. The number of nitrogens with zero attached hydrogens (tertiary/aromatic N) is 1. The minimum Gasteiger partial charge on any atom is -0.399 e. The van der Waals surface area contributed by atoms with Crippen LogP contribution in [0.15, 0.2) is 18.2 Å². The van der Waals surface area contributed by atoms with Crippen LogP contribution in [-0.4, -0.2) is 29.9 Å². The SMILES string of the molecule is Nc1ccc2c(c1)CN(CC(=O)NC1CCCC1)CC2. The summed E-state index contributed by atoms with van der Waals surface area (Å²) in [4.78, 5) is 14.3. The normalized spacial score (nSPS) is 19.8. The van der Waals surface area contributed by atoms with E-state index < -0.39 is 0 Å². The van der Waals surface area contributed by atoms with Gasteiger partial charge in [-0.05, 0) is 42.5 Å². The molecule has 1 fully saturated rings. The van der Waals surface area contributed by atoms with Crippen molar-refractivity contribution in [1.29, 1.82) is 0 Å². The Balaban J connectivity index is 1.55. The van der Waals surface area contributed by atoms with Gasteiger partial charge in [0.2, 0.25) is 5.91 Å². The molecule has 1 aliphatic carbocycles. The third kappa shape index (κ3) is 3.12. The molecule has 1 saturated carbocycles. The zero-order valence-electron chi connectivity index (χ0n) is 11.9. The van der Waals surface area contributed by atoms with Crippen LogP contribution in [-0.2, 0) is 17.8 Å². The molecule has 0 unspecified atom stereocenters. The van der Waals surface area contributed by atoms with Crippen LogP contribution < -0.4 is 11.1 Å². The molecule has 0 saturated heterocycles. The van der Waals surface area contributed by atoms with E-state index in [1.807, 2.05) is 12.1 Å². The number of amides is 1. The third-order valence-electron chi connectivity index (χ3n) is 4.41. The van der Waals surface area contributed by atoms with Crippen LogP contribution in [0.25, 0.3) is 0 Å². The molecule has 3 rings (SSSR count). The maximum absolute atomic E-state index is 12.1. The molecule has 1 aromatic carbocycles. The Hall–Kier alpha value is -1.55. The van der Waals surface area contributed by atoms with Crippen molar-refractivity contribution in [1.82, 2.24) is 10.2 Å². The molecular weight excluding hydrogens is 250 g/mol. The van der Waals surface area contributed by atoms with Crippen molar-refractivity contribution in [2.75, 3.05) is 18.8 Å². The van der Waals surface area contributed by atoms with E-state index >= 15 is 0 Å². The highest BCUT2D eigenvalue weighted by Gasteiger charge is 2.21. The molecule has 0 spiro atoms. The van der Waals surface area contributed by atoms with E-state index in [1.54, 1.807) is 0 Å². The van der Waals surface area contributed by atoms with Crippen LogP contribution in [0.2, 0.25) is 0 Å². The fourth-order valence-electron chi connectivity index (χ4n) is 3.32. The third-order valence-corrected chi connectivity index (χ3v) is 4.41. The molecule has 1 amide bonds. The maximum Gasteiger partial charge on any atom is 0.234 e. The number of hydrogen-bond acceptors (Lipinski definition) is 3. The standard InChI is InChI=1S/C16H23N3O/c17-14-6-5-12-7-8-19(10-13(12)9-14)11-16(20)18-15-3-1-2-4-15/h5-6,9,15H,1-4,7-8,10-11,17H2,(H,18,20). The number of carbonyl (C=O) groups excluding carboxylic acids is 1. The topological polar surface area (TPSA) is 58.4 Å². The summed E-state index contributed by atoms with van der Waals surface area (Å²) < 4.78 is 0. The Bertz CT molecular complexity index is 494. The molecule has 20 heavy (non-hydrogen) atoms. The van der Waals surface area contributed by atoms with Crippen LogP contribution in [0.3, 0.4) is 0 Å². The number of nitrogens with one attached hydrogen (secondary N) is 1. The minimum atomic E-state index is 0.171. The average molecular weight is 273 g/mol. The molecule has 0 bridgehead atoms. The van der Waals surface area contributed by atoms with Gasteiger partial charge in [-0.25, -0.2) is 0 Å². The van der Waals surface area contributed by atoms with Gasteiger partial charge >= 0.3 is 0 Å². The van der Waals surface area contributed by atoms with Crippen molar-refractivity contribution < 1.29 is 4.79 Å². The second-order valence-electron chi connectivity index (χ2n) is 6.04. The van der Waals surface area contributed by atoms with E-state index in [9.17, 15) is 4.79 Å². The molecular formula is C16H23N3O. The number of carbonyl (C=O) groups is 1. The van der Waals surface area contributed by atoms with Gasteiger partial charge in [0.15, 0.2) is 0 Å². The van der Waals surface area contributed by atoms with Gasteiger partial charge in [-0.2, -0.15) is 0 Å². The number of nitrogen functional groups attached to an aromatic ring is 1. The Morgan fingerprint density at radius 3 is 2.90 bits per heavy atom. The predicted octanol–water partition coefficient (Wildman–Crippen LogP) is 1.69. The van der Waals surface area contributed by atoms with E-state index in [0.717, 1.165) is 38.0 Å². The first-order valence-corrected chi connectivity index (χ1v) is 7.60. The summed E-state index contributed by atoms with van der Waals surface area (Å²) in [5.74, 6) is 0.171. The number of nitrogens with two attached hydrogens (primary N) is 1. The molecule has 4 nitrogen and oxygen atoms in total. The van der Waals surface area contributed by atoms with Crippen LogP contribution >= 0.6 is 0 Å². The molecule has 1 heterocycles. The Kier molecular flexibility index (Phi) is 3.92. The van der Waals surface area contributed by atoms with Crippen molar-refractivity contribution in [3.63, 3.8) is 0 Å². The van der Waals surface area contributed by atoms with Crippen LogP contribution in [0.4, 0.5) is 5.69 Å². The smallest absolute Gasteiger partial charge is 0.234 e. The molecule has 1 aromatic rings. The average Bonchev–Trinajstić information content (AvgIpc) is 2.91. The van der Waals surface area contributed by atoms with Gasteiger partial charge < -0.3 is 11.1 Å². The monoisotopic (exact) mass is 273 g/mol. The summed E-state index contributed by atoms with van der Waals surface area (Å²) >= 11 is 0. The van der Waals surface area contributed by atoms with E-state index in [2.05, 4.69) is 16.3 Å². The molecule has 3 N–H and O–H groups in total. The predicted molar refractivity (Wildman–Crippen MR) is 80.2 cm³/mol. The van der Waals surface area contributed by atoms with Gasteiger partial charge in [-0.1, -0.05) is 18.9 Å². The zero-order valence-corrected chi connectivity index (χ0v) is 11.9. The highest BCUT2D eigenvalue weighted by Crippen LogP contribution is 2.21. The molecule has 0 aromatic heterocycles. The van der Waals surface area contributed by atoms with Crippen LogP contribution in [0, 0.1) is 0 Å². The maximum atomic E-state index is 12.1. The first kappa shape index (κ1) is 13.4. The first-order chi connectivity index (χ1) is 9.70. The molecule has 4 heteroatoms. The summed E-state index contributed by atoms with van der Waals surface area (Å²) in [6.45, 7) is 2.29. The summed E-state index contributed by atoms with van der Waals surface area (Å²) in [5, 5.41) is 3.16. The lowest BCUT2D eigenvalue weighted by molar-refractivity contribution is -0.123. The molecule has 0 radical (unpaired) electrons.